The maximum Gasteiger partial charge on any atom is 0.164 e. The van der Waals surface area contributed by atoms with Gasteiger partial charge >= 0.3 is 0 Å². The molecule has 0 aliphatic carbocycles. The van der Waals surface area contributed by atoms with E-state index in [1.165, 1.54) is 12.4 Å². The highest BCUT2D eigenvalue weighted by Gasteiger charge is 2.58. The maximum absolute atomic E-state index is 13.7. The number of fused-ring (bicyclic) bond motifs is 2. The van der Waals surface area contributed by atoms with E-state index in [1.807, 2.05) is 0 Å². The number of rotatable bonds is 3. The topological polar surface area (TPSA) is 78.6 Å². The van der Waals surface area contributed by atoms with Crippen LogP contribution in [0.1, 0.15) is 31.7 Å². The minimum atomic E-state index is -1.27. The molecule has 0 bridgehead atoms. The predicted molar refractivity (Wildman–Crippen MR) is 102 cm³/mol. The van der Waals surface area contributed by atoms with Gasteiger partial charge in [-0.1, -0.05) is 17.7 Å². The van der Waals surface area contributed by atoms with Gasteiger partial charge in [-0.05, 0) is 37.6 Å². The molecule has 2 aliphatic heterocycles. The molecule has 0 spiro atoms. The molecule has 1 N–H and O–H groups in total. The average molecular weight is 438 g/mol. The largest absolute Gasteiger partial charge is 0.386 e. The Morgan fingerprint density at radius 3 is 2.67 bits per heavy atom. The van der Waals surface area contributed by atoms with E-state index >= 15 is 0 Å². The third-order valence-corrected chi connectivity index (χ3v) is 5.70. The summed E-state index contributed by atoms with van der Waals surface area (Å²) < 4.78 is 47.0. The van der Waals surface area contributed by atoms with Crippen LogP contribution < -0.4 is 0 Å². The first kappa shape index (κ1) is 19.8. The Morgan fingerprint density at radius 2 is 1.90 bits per heavy atom. The van der Waals surface area contributed by atoms with Gasteiger partial charge in [-0.15, -0.1) is 0 Å². The molecular formula is C20H18ClF2N3O4. The molecule has 2 aliphatic rings. The van der Waals surface area contributed by atoms with E-state index in [0.717, 1.165) is 12.1 Å². The Bertz CT molecular complexity index is 1120. The normalized spacial score (nSPS) is 28.7. The van der Waals surface area contributed by atoms with Crippen LogP contribution in [0.2, 0.25) is 5.15 Å². The van der Waals surface area contributed by atoms with Gasteiger partial charge in [0.2, 0.25) is 0 Å². The summed E-state index contributed by atoms with van der Waals surface area (Å²) in [5.41, 5.74) is 0.712. The molecule has 0 saturated carbocycles. The lowest BCUT2D eigenvalue weighted by Crippen LogP contribution is -2.34. The van der Waals surface area contributed by atoms with Crippen molar-refractivity contribution in [2.24, 2.45) is 0 Å². The zero-order valence-corrected chi connectivity index (χ0v) is 16.8. The molecule has 1 aromatic carbocycles. The molecule has 0 radical (unpaired) electrons. The molecule has 5 rings (SSSR count). The van der Waals surface area contributed by atoms with Crippen LogP contribution in [0.25, 0.3) is 11.0 Å². The lowest BCUT2D eigenvalue weighted by Gasteiger charge is -2.27. The van der Waals surface area contributed by atoms with E-state index in [1.54, 1.807) is 30.7 Å². The number of benzene rings is 1. The standard InChI is InChI=1S/C20H18ClF2N3O4/c1-20(2)29-15-14(13(27)9-3-4-11(22)12(23)7-9)28-19(16(15)30-20)26-6-5-10-17(21)24-8-25-18(10)26/h3-8,13-16,19,27H,1-2H3/t13-,14-,15-,16-,19-/m1/s1. The zero-order valence-electron chi connectivity index (χ0n) is 16.0. The van der Waals surface area contributed by atoms with Crippen molar-refractivity contribution >= 4 is 22.6 Å². The maximum atomic E-state index is 13.7. The van der Waals surface area contributed by atoms with Gasteiger partial charge in [0.15, 0.2) is 23.6 Å². The number of aliphatic hydroxyl groups is 1. The van der Waals surface area contributed by atoms with Gasteiger partial charge in [0.05, 0.1) is 5.39 Å². The number of nitrogens with zero attached hydrogens (tertiary/aromatic N) is 3. The molecular weight excluding hydrogens is 420 g/mol. The summed E-state index contributed by atoms with van der Waals surface area (Å²) in [6, 6.07) is 4.99. The zero-order chi connectivity index (χ0) is 21.2. The summed E-state index contributed by atoms with van der Waals surface area (Å²) in [6.45, 7) is 3.52. The average Bonchev–Trinajstić information content (AvgIpc) is 3.34. The highest BCUT2D eigenvalue weighted by atomic mass is 35.5. The molecule has 2 saturated heterocycles. The van der Waals surface area contributed by atoms with Gasteiger partial charge in [0.25, 0.3) is 0 Å². The fraction of sp³-hybridized carbons (Fsp3) is 0.400. The SMILES string of the molecule is CC1(C)O[C@H]2[C@@H](O1)[C@H](n1ccc3c(Cl)ncnc31)O[C@@H]2[C@H](O)c1ccc(F)c(F)c1. The summed E-state index contributed by atoms with van der Waals surface area (Å²) in [7, 11) is 0. The van der Waals surface area contributed by atoms with Crippen molar-refractivity contribution in [2.75, 3.05) is 0 Å². The second-order valence-corrected chi connectivity index (χ2v) is 8.16. The summed E-state index contributed by atoms with van der Waals surface area (Å²) in [4.78, 5) is 8.26. The van der Waals surface area contributed by atoms with Gasteiger partial charge in [-0.2, -0.15) is 0 Å². The van der Waals surface area contributed by atoms with Crippen LogP contribution in [0.4, 0.5) is 8.78 Å². The molecule has 2 aromatic heterocycles. The van der Waals surface area contributed by atoms with Crippen LogP contribution in [0.5, 0.6) is 0 Å². The summed E-state index contributed by atoms with van der Waals surface area (Å²) >= 11 is 6.15. The Kier molecular flexibility index (Phi) is 4.57. The monoisotopic (exact) mass is 437 g/mol. The first-order valence-corrected chi connectivity index (χ1v) is 9.74. The highest BCUT2D eigenvalue weighted by molar-refractivity contribution is 6.33. The van der Waals surface area contributed by atoms with E-state index < -0.39 is 48.1 Å². The minimum absolute atomic E-state index is 0.175. The lowest BCUT2D eigenvalue weighted by atomic mass is 9.99. The third-order valence-electron chi connectivity index (χ3n) is 5.40. The molecule has 2 fully saturated rings. The van der Waals surface area contributed by atoms with Crippen LogP contribution in [-0.4, -0.2) is 43.7 Å². The molecule has 0 amide bonds. The minimum Gasteiger partial charge on any atom is -0.386 e. The van der Waals surface area contributed by atoms with Gasteiger partial charge < -0.3 is 23.9 Å². The van der Waals surface area contributed by atoms with E-state index in [9.17, 15) is 13.9 Å². The number of halogens is 3. The van der Waals surface area contributed by atoms with E-state index in [2.05, 4.69) is 9.97 Å². The first-order valence-electron chi connectivity index (χ1n) is 9.36. The van der Waals surface area contributed by atoms with Crippen LogP contribution >= 0.6 is 11.6 Å². The fourth-order valence-electron chi connectivity index (χ4n) is 4.12. The van der Waals surface area contributed by atoms with Crippen LogP contribution in [0.3, 0.4) is 0 Å². The van der Waals surface area contributed by atoms with Crippen molar-refractivity contribution in [3.05, 3.63) is 59.1 Å². The Hall–Kier alpha value is -2.17. The summed E-state index contributed by atoms with van der Waals surface area (Å²) in [5.74, 6) is -2.96. The molecule has 3 aromatic rings. The number of aliphatic hydroxyl groups excluding tert-OH is 1. The number of aromatic nitrogens is 3. The van der Waals surface area contributed by atoms with Gasteiger partial charge in [0.1, 0.15) is 41.5 Å². The number of hydrogen-bond donors (Lipinski definition) is 1. The Morgan fingerprint density at radius 1 is 1.13 bits per heavy atom. The molecule has 7 nitrogen and oxygen atoms in total. The third kappa shape index (κ3) is 3.09. The van der Waals surface area contributed by atoms with Crippen molar-refractivity contribution in [3.63, 3.8) is 0 Å². The molecule has 158 valence electrons. The quantitative estimate of drug-likeness (QED) is 0.632. The second-order valence-electron chi connectivity index (χ2n) is 7.80. The molecule has 4 heterocycles. The van der Waals surface area contributed by atoms with Crippen molar-refractivity contribution in [1.82, 2.24) is 14.5 Å². The highest BCUT2D eigenvalue weighted by Crippen LogP contribution is 2.47. The van der Waals surface area contributed by atoms with Crippen molar-refractivity contribution < 1.29 is 28.1 Å². The fourth-order valence-corrected chi connectivity index (χ4v) is 4.31. The number of ether oxygens (including phenoxy) is 3. The van der Waals surface area contributed by atoms with Gasteiger partial charge in [0, 0.05) is 6.20 Å². The van der Waals surface area contributed by atoms with Crippen LogP contribution in [0.15, 0.2) is 36.8 Å². The van der Waals surface area contributed by atoms with Crippen LogP contribution in [0, 0.1) is 11.6 Å². The smallest absolute Gasteiger partial charge is 0.164 e. The number of hydrogen-bond acceptors (Lipinski definition) is 6. The Balaban J connectivity index is 1.54. The van der Waals surface area contributed by atoms with E-state index in [-0.39, 0.29) is 5.56 Å². The molecule has 10 heteroatoms. The Labute approximate surface area is 175 Å². The van der Waals surface area contributed by atoms with E-state index in [0.29, 0.717) is 16.2 Å². The lowest BCUT2D eigenvalue weighted by molar-refractivity contribution is -0.207. The summed E-state index contributed by atoms with van der Waals surface area (Å²) in [6.07, 6.45) is -0.982. The van der Waals surface area contributed by atoms with Gasteiger partial charge in [-0.3, -0.25) is 0 Å². The predicted octanol–water partition coefficient (Wildman–Crippen LogP) is 3.51. The second kappa shape index (κ2) is 6.93. The van der Waals surface area contributed by atoms with Crippen LogP contribution in [-0.2, 0) is 14.2 Å². The first-order chi connectivity index (χ1) is 14.2. The van der Waals surface area contributed by atoms with E-state index in [4.69, 9.17) is 25.8 Å². The van der Waals surface area contributed by atoms with Crippen molar-refractivity contribution in [1.29, 1.82) is 0 Å². The summed E-state index contributed by atoms with van der Waals surface area (Å²) in [5, 5.41) is 11.9. The molecule has 30 heavy (non-hydrogen) atoms. The van der Waals surface area contributed by atoms with Gasteiger partial charge in [-0.25, -0.2) is 18.7 Å². The van der Waals surface area contributed by atoms with Crippen molar-refractivity contribution in [2.45, 2.75) is 50.3 Å². The van der Waals surface area contributed by atoms with Crippen molar-refractivity contribution in [3.8, 4) is 0 Å². The molecule has 5 atom stereocenters. The molecule has 0 unspecified atom stereocenters.